The Bertz CT molecular complexity index is 419. The minimum Gasteiger partial charge on any atom is -0.504 e. The molecule has 2 bridgehead atoms. The molecular weight excluding hydrogens is 214 g/mol. The largest absolute Gasteiger partial charge is 0.504 e. The topological polar surface area (TPSA) is 52.5 Å². The van der Waals surface area contributed by atoms with Crippen molar-refractivity contribution >= 4 is 0 Å². The molecule has 0 aromatic heterocycles. The van der Waals surface area contributed by atoms with E-state index in [9.17, 15) is 10.2 Å². The maximum atomic E-state index is 9.71. The first-order chi connectivity index (χ1) is 8.24. The molecular formula is C14H19NO2. The van der Waals surface area contributed by atoms with E-state index in [-0.39, 0.29) is 11.5 Å². The molecule has 0 amide bonds. The first-order valence-electron chi connectivity index (χ1n) is 6.47. The second-order valence-corrected chi connectivity index (χ2v) is 5.45. The lowest BCUT2D eigenvalue weighted by atomic mass is 9.95. The maximum absolute atomic E-state index is 9.71. The summed E-state index contributed by atoms with van der Waals surface area (Å²) in [5, 5.41) is 22.7. The lowest BCUT2D eigenvalue weighted by Crippen LogP contribution is -2.33. The molecule has 0 radical (unpaired) electrons. The van der Waals surface area contributed by atoms with E-state index in [1.807, 2.05) is 6.07 Å². The van der Waals surface area contributed by atoms with Crippen LogP contribution < -0.4 is 5.32 Å². The Balaban J connectivity index is 1.62. The van der Waals surface area contributed by atoms with E-state index in [1.54, 1.807) is 6.07 Å². The maximum Gasteiger partial charge on any atom is 0.161 e. The highest BCUT2D eigenvalue weighted by molar-refractivity contribution is 5.44. The Kier molecular flexibility index (Phi) is 2.71. The summed E-state index contributed by atoms with van der Waals surface area (Å²) in [4.78, 5) is 0. The second-order valence-electron chi connectivity index (χ2n) is 5.45. The Morgan fingerprint density at radius 3 is 2.76 bits per heavy atom. The number of aromatic hydroxyl groups is 2. The zero-order valence-corrected chi connectivity index (χ0v) is 9.89. The Morgan fingerprint density at radius 1 is 1.18 bits per heavy atom. The van der Waals surface area contributed by atoms with Gasteiger partial charge in [0.05, 0.1) is 0 Å². The van der Waals surface area contributed by atoms with Crippen molar-refractivity contribution in [3.8, 4) is 11.5 Å². The highest BCUT2D eigenvalue weighted by atomic mass is 16.3. The van der Waals surface area contributed by atoms with E-state index in [1.165, 1.54) is 31.7 Å². The van der Waals surface area contributed by atoms with Gasteiger partial charge in [0, 0.05) is 18.2 Å². The molecule has 3 unspecified atom stereocenters. The normalized spacial score (nSPS) is 30.9. The van der Waals surface area contributed by atoms with Crippen LogP contribution in [0.4, 0.5) is 0 Å². The number of phenols is 2. The van der Waals surface area contributed by atoms with Crippen LogP contribution in [0.25, 0.3) is 0 Å². The number of hydrogen-bond donors (Lipinski definition) is 3. The summed E-state index contributed by atoms with van der Waals surface area (Å²) in [6.07, 6.45) is 5.42. The predicted molar refractivity (Wildman–Crippen MR) is 65.8 cm³/mol. The number of phenolic OH excluding ortho intramolecular Hbond substituents is 2. The van der Waals surface area contributed by atoms with Gasteiger partial charge in [-0.25, -0.2) is 0 Å². The summed E-state index contributed by atoms with van der Waals surface area (Å²) in [6, 6.07) is 5.74. The number of para-hydroxylation sites is 1. The average Bonchev–Trinajstić information content (AvgIpc) is 2.93. The van der Waals surface area contributed by atoms with E-state index in [4.69, 9.17) is 0 Å². The lowest BCUT2D eigenvalue weighted by molar-refractivity contribution is 0.345. The lowest BCUT2D eigenvalue weighted by Gasteiger charge is -2.23. The summed E-state index contributed by atoms with van der Waals surface area (Å²) in [6.45, 7) is 0.647. The van der Waals surface area contributed by atoms with Gasteiger partial charge in [-0.15, -0.1) is 0 Å². The van der Waals surface area contributed by atoms with Crippen molar-refractivity contribution in [2.45, 2.75) is 38.3 Å². The van der Waals surface area contributed by atoms with Crippen molar-refractivity contribution in [2.24, 2.45) is 11.8 Å². The summed E-state index contributed by atoms with van der Waals surface area (Å²) in [7, 11) is 0. The average molecular weight is 233 g/mol. The number of benzene rings is 1. The minimum atomic E-state index is -0.0303. The Morgan fingerprint density at radius 2 is 2.06 bits per heavy atom. The molecule has 2 fully saturated rings. The molecule has 0 heterocycles. The molecule has 0 spiro atoms. The molecule has 2 aliphatic carbocycles. The van der Waals surface area contributed by atoms with Gasteiger partial charge in [-0.2, -0.15) is 0 Å². The fourth-order valence-electron chi connectivity index (χ4n) is 3.46. The molecule has 92 valence electrons. The SMILES string of the molecule is Oc1cccc(CNC2CC3CCC2C3)c1O. The third kappa shape index (κ3) is 2.00. The van der Waals surface area contributed by atoms with Crippen molar-refractivity contribution in [1.82, 2.24) is 5.32 Å². The monoisotopic (exact) mass is 233 g/mol. The molecule has 0 aliphatic heterocycles. The van der Waals surface area contributed by atoms with Crippen molar-refractivity contribution in [3.63, 3.8) is 0 Å². The van der Waals surface area contributed by atoms with Crippen LogP contribution in [-0.2, 0) is 6.54 Å². The van der Waals surface area contributed by atoms with Gasteiger partial charge in [-0.1, -0.05) is 18.6 Å². The van der Waals surface area contributed by atoms with Crippen molar-refractivity contribution in [2.75, 3.05) is 0 Å². The van der Waals surface area contributed by atoms with Crippen LogP contribution >= 0.6 is 0 Å². The predicted octanol–water partition coefficient (Wildman–Crippen LogP) is 2.38. The van der Waals surface area contributed by atoms with Crippen LogP contribution in [0, 0.1) is 11.8 Å². The van der Waals surface area contributed by atoms with Gasteiger partial charge in [0.1, 0.15) is 0 Å². The van der Waals surface area contributed by atoms with Gasteiger partial charge in [-0.05, 0) is 37.2 Å². The van der Waals surface area contributed by atoms with E-state index in [0.717, 1.165) is 17.4 Å². The van der Waals surface area contributed by atoms with Gasteiger partial charge < -0.3 is 15.5 Å². The van der Waals surface area contributed by atoms with Gasteiger partial charge in [0.25, 0.3) is 0 Å². The van der Waals surface area contributed by atoms with Gasteiger partial charge in [0.15, 0.2) is 11.5 Å². The van der Waals surface area contributed by atoms with Crippen molar-refractivity contribution in [1.29, 1.82) is 0 Å². The summed E-state index contributed by atoms with van der Waals surface area (Å²) < 4.78 is 0. The number of nitrogens with one attached hydrogen (secondary N) is 1. The van der Waals surface area contributed by atoms with Crippen LogP contribution in [0.1, 0.15) is 31.2 Å². The standard InChI is InChI=1S/C14H19NO2/c16-13-3-1-2-11(14(13)17)8-15-12-7-9-4-5-10(12)6-9/h1-3,9-10,12,15-17H,4-8H2. The van der Waals surface area contributed by atoms with Crippen LogP contribution in [0.5, 0.6) is 11.5 Å². The van der Waals surface area contributed by atoms with E-state index >= 15 is 0 Å². The van der Waals surface area contributed by atoms with E-state index < -0.39 is 0 Å². The molecule has 0 saturated heterocycles. The number of hydrogen-bond acceptors (Lipinski definition) is 3. The molecule has 1 aromatic rings. The Hall–Kier alpha value is -1.22. The smallest absolute Gasteiger partial charge is 0.161 e. The van der Waals surface area contributed by atoms with E-state index in [2.05, 4.69) is 5.32 Å². The van der Waals surface area contributed by atoms with Crippen molar-refractivity contribution in [3.05, 3.63) is 23.8 Å². The van der Waals surface area contributed by atoms with Crippen LogP contribution in [0.2, 0.25) is 0 Å². The molecule has 3 heteroatoms. The fraction of sp³-hybridized carbons (Fsp3) is 0.571. The zero-order valence-electron chi connectivity index (χ0n) is 9.89. The summed E-state index contributed by atoms with van der Waals surface area (Å²) in [5.74, 6) is 1.75. The third-order valence-electron chi connectivity index (χ3n) is 4.39. The highest BCUT2D eigenvalue weighted by Gasteiger charge is 2.39. The minimum absolute atomic E-state index is 0.0168. The first kappa shape index (κ1) is 10.9. The molecule has 3 nitrogen and oxygen atoms in total. The second kappa shape index (κ2) is 4.22. The number of rotatable bonds is 3. The molecule has 2 aliphatic rings. The molecule has 3 N–H and O–H groups in total. The molecule has 2 saturated carbocycles. The molecule has 1 aromatic carbocycles. The third-order valence-corrected chi connectivity index (χ3v) is 4.39. The number of fused-ring (bicyclic) bond motifs is 2. The van der Waals surface area contributed by atoms with Crippen LogP contribution in [0.15, 0.2) is 18.2 Å². The molecule has 17 heavy (non-hydrogen) atoms. The van der Waals surface area contributed by atoms with Crippen molar-refractivity contribution < 1.29 is 10.2 Å². The summed E-state index contributed by atoms with van der Waals surface area (Å²) in [5.41, 5.74) is 0.785. The highest BCUT2D eigenvalue weighted by Crippen LogP contribution is 2.44. The molecule has 3 atom stereocenters. The van der Waals surface area contributed by atoms with E-state index in [0.29, 0.717) is 12.6 Å². The fourth-order valence-corrected chi connectivity index (χ4v) is 3.46. The van der Waals surface area contributed by atoms with Gasteiger partial charge >= 0.3 is 0 Å². The van der Waals surface area contributed by atoms with Gasteiger partial charge in [-0.3, -0.25) is 0 Å². The quantitative estimate of drug-likeness (QED) is 0.703. The van der Waals surface area contributed by atoms with Crippen LogP contribution in [0.3, 0.4) is 0 Å². The molecule has 3 rings (SSSR count). The van der Waals surface area contributed by atoms with Crippen LogP contribution in [-0.4, -0.2) is 16.3 Å². The van der Waals surface area contributed by atoms with Gasteiger partial charge in [0.2, 0.25) is 0 Å². The summed E-state index contributed by atoms with van der Waals surface area (Å²) >= 11 is 0. The first-order valence-corrected chi connectivity index (χ1v) is 6.47. The Labute approximate surface area is 101 Å². The zero-order chi connectivity index (χ0) is 11.8.